The predicted molar refractivity (Wildman–Crippen MR) is 77.6 cm³/mol. The Morgan fingerprint density at radius 2 is 1.95 bits per heavy atom. The Labute approximate surface area is 123 Å². The number of rotatable bonds is 6. The number of nitrogens with one attached hydrogen (secondary N) is 2. The fourth-order valence-electron chi connectivity index (χ4n) is 1.58. The van der Waals surface area contributed by atoms with Gasteiger partial charge in [-0.25, -0.2) is 0 Å². The van der Waals surface area contributed by atoms with Crippen LogP contribution in [-0.2, 0) is 4.79 Å². The minimum absolute atomic E-state index is 0.114. The number of carbonyl (C=O) groups is 2. The lowest BCUT2D eigenvalue weighted by atomic mass is 10.1. The van der Waals surface area contributed by atoms with Gasteiger partial charge in [0.1, 0.15) is 0 Å². The third kappa shape index (κ3) is 4.83. The fraction of sp³-hybridized carbons (Fsp3) is 0.429. The van der Waals surface area contributed by atoms with Crippen LogP contribution in [0.3, 0.4) is 0 Å². The number of benzene rings is 1. The van der Waals surface area contributed by atoms with Crippen molar-refractivity contribution in [3.63, 3.8) is 0 Å². The number of carbonyl (C=O) groups excluding carboxylic acids is 2. The summed E-state index contributed by atoms with van der Waals surface area (Å²) in [6.45, 7) is 3.49. The smallest absolute Gasteiger partial charge is 0.253 e. The standard InChI is InChI=1S/C14H19ClN2O3/c1-9(2)12(8-18)17-13(19)7-16-14(20)10-5-3-4-6-11(10)15/h3-6,9,12,18H,7-8H2,1-2H3,(H,16,20)(H,17,19)/t12-/m1/s1. The molecule has 0 aliphatic heterocycles. The van der Waals surface area contributed by atoms with E-state index in [9.17, 15) is 9.59 Å². The van der Waals surface area contributed by atoms with Crippen LogP contribution in [0.25, 0.3) is 0 Å². The summed E-state index contributed by atoms with van der Waals surface area (Å²) >= 11 is 5.89. The molecule has 0 saturated heterocycles. The van der Waals surface area contributed by atoms with E-state index in [2.05, 4.69) is 10.6 Å². The molecule has 0 radical (unpaired) electrons. The van der Waals surface area contributed by atoms with Crippen molar-refractivity contribution in [1.29, 1.82) is 0 Å². The van der Waals surface area contributed by atoms with Gasteiger partial charge in [0.05, 0.1) is 29.8 Å². The largest absolute Gasteiger partial charge is 0.394 e. The lowest BCUT2D eigenvalue weighted by Gasteiger charge is -2.19. The van der Waals surface area contributed by atoms with Crippen molar-refractivity contribution in [3.8, 4) is 0 Å². The predicted octanol–water partition coefficient (Wildman–Crippen LogP) is 1.20. The molecule has 0 aromatic heterocycles. The van der Waals surface area contributed by atoms with Gasteiger partial charge >= 0.3 is 0 Å². The maximum absolute atomic E-state index is 11.8. The number of hydrogen-bond acceptors (Lipinski definition) is 3. The maximum Gasteiger partial charge on any atom is 0.253 e. The van der Waals surface area contributed by atoms with Gasteiger partial charge in [-0.2, -0.15) is 0 Å². The molecule has 2 amide bonds. The van der Waals surface area contributed by atoms with E-state index in [4.69, 9.17) is 16.7 Å². The molecule has 0 spiro atoms. The van der Waals surface area contributed by atoms with E-state index < -0.39 is 5.91 Å². The highest BCUT2D eigenvalue weighted by Crippen LogP contribution is 2.14. The van der Waals surface area contributed by atoms with Gasteiger partial charge in [0, 0.05) is 0 Å². The Bertz CT molecular complexity index is 477. The Morgan fingerprint density at radius 1 is 1.30 bits per heavy atom. The summed E-state index contributed by atoms with van der Waals surface area (Å²) in [6.07, 6.45) is 0. The van der Waals surface area contributed by atoms with Crippen molar-refractivity contribution >= 4 is 23.4 Å². The third-order valence-electron chi connectivity index (χ3n) is 2.88. The van der Waals surface area contributed by atoms with Crippen LogP contribution in [0.1, 0.15) is 24.2 Å². The van der Waals surface area contributed by atoms with Gasteiger partial charge in [0.15, 0.2) is 0 Å². The van der Waals surface area contributed by atoms with E-state index in [1.165, 1.54) is 0 Å². The first kappa shape index (κ1) is 16.5. The Hall–Kier alpha value is -1.59. The second-order valence-corrected chi connectivity index (χ2v) is 5.17. The molecular weight excluding hydrogens is 280 g/mol. The first-order chi connectivity index (χ1) is 9.45. The lowest BCUT2D eigenvalue weighted by Crippen LogP contribution is -2.45. The molecule has 0 heterocycles. The monoisotopic (exact) mass is 298 g/mol. The lowest BCUT2D eigenvalue weighted by molar-refractivity contribution is -0.121. The summed E-state index contributed by atoms with van der Waals surface area (Å²) < 4.78 is 0. The molecule has 0 aliphatic rings. The summed E-state index contributed by atoms with van der Waals surface area (Å²) in [6, 6.07) is 6.29. The quantitative estimate of drug-likeness (QED) is 0.738. The average Bonchev–Trinajstić information content (AvgIpc) is 2.42. The Kier molecular flexibility index (Phi) is 6.48. The molecule has 0 aliphatic carbocycles. The van der Waals surface area contributed by atoms with Crippen molar-refractivity contribution in [2.75, 3.05) is 13.2 Å². The van der Waals surface area contributed by atoms with Crippen LogP contribution >= 0.6 is 11.6 Å². The number of hydrogen-bond donors (Lipinski definition) is 3. The van der Waals surface area contributed by atoms with Crippen LogP contribution in [0.4, 0.5) is 0 Å². The molecule has 5 nitrogen and oxygen atoms in total. The average molecular weight is 299 g/mol. The second kappa shape index (κ2) is 7.87. The van der Waals surface area contributed by atoms with Crippen molar-refractivity contribution in [2.24, 2.45) is 5.92 Å². The number of aliphatic hydroxyl groups excluding tert-OH is 1. The summed E-state index contributed by atoms with van der Waals surface area (Å²) in [5.41, 5.74) is 0.324. The van der Waals surface area contributed by atoms with E-state index in [0.29, 0.717) is 10.6 Å². The van der Waals surface area contributed by atoms with Gasteiger partial charge in [-0.05, 0) is 18.1 Å². The Balaban J connectivity index is 2.49. The molecule has 1 aromatic rings. The zero-order chi connectivity index (χ0) is 15.1. The van der Waals surface area contributed by atoms with Gasteiger partial charge in [-0.1, -0.05) is 37.6 Å². The van der Waals surface area contributed by atoms with Gasteiger partial charge in [-0.15, -0.1) is 0 Å². The van der Waals surface area contributed by atoms with Crippen LogP contribution in [0.2, 0.25) is 5.02 Å². The molecule has 0 bridgehead atoms. The third-order valence-corrected chi connectivity index (χ3v) is 3.21. The molecule has 0 fully saturated rings. The Morgan fingerprint density at radius 3 is 2.50 bits per heavy atom. The summed E-state index contributed by atoms with van der Waals surface area (Å²) in [5, 5.41) is 14.6. The van der Waals surface area contributed by atoms with Crippen molar-refractivity contribution in [1.82, 2.24) is 10.6 Å². The van der Waals surface area contributed by atoms with Crippen LogP contribution in [0.15, 0.2) is 24.3 Å². The molecule has 6 heteroatoms. The maximum atomic E-state index is 11.8. The van der Waals surface area contributed by atoms with E-state index in [0.717, 1.165) is 0 Å². The van der Waals surface area contributed by atoms with Gasteiger partial charge in [0.2, 0.25) is 5.91 Å². The van der Waals surface area contributed by atoms with Crippen LogP contribution in [0.5, 0.6) is 0 Å². The molecule has 3 N–H and O–H groups in total. The number of amides is 2. The molecule has 0 saturated carbocycles. The fourth-order valence-corrected chi connectivity index (χ4v) is 1.80. The van der Waals surface area contributed by atoms with Gasteiger partial charge in [0.25, 0.3) is 5.91 Å². The molecular formula is C14H19ClN2O3. The molecule has 0 unspecified atom stereocenters. The zero-order valence-electron chi connectivity index (χ0n) is 11.5. The van der Waals surface area contributed by atoms with Gasteiger partial charge in [-0.3, -0.25) is 9.59 Å². The summed E-state index contributed by atoms with van der Waals surface area (Å²) in [7, 11) is 0. The van der Waals surface area contributed by atoms with Crippen molar-refractivity contribution in [2.45, 2.75) is 19.9 Å². The first-order valence-electron chi connectivity index (χ1n) is 6.38. The number of aliphatic hydroxyl groups is 1. The van der Waals surface area contributed by atoms with Crippen molar-refractivity contribution in [3.05, 3.63) is 34.9 Å². The van der Waals surface area contributed by atoms with Gasteiger partial charge < -0.3 is 15.7 Å². The molecule has 1 rings (SSSR count). The first-order valence-corrected chi connectivity index (χ1v) is 6.76. The van der Waals surface area contributed by atoms with E-state index in [1.54, 1.807) is 24.3 Å². The SMILES string of the molecule is CC(C)[C@@H](CO)NC(=O)CNC(=O)c1ccccc1Cl. The molecule has 20 heavy (non-hydrogen) atoms. The molecule has 110 valence electrons. The van der Waals surface area contributed by atoms with E-state index >= 15 is 0 Å². The zero-order valence-corrected chi connectivity index (χ0v) is 12.3. The summed E-state index contributed by atoms with van der Waals surface area (Å²) in [5.74, 6) is -0.641. The highest BCUT2D eigenvalue weighted by atomic mass is 35.5. The van der Waals surface area contributed by atoms with E-state index in [1.807, 2.05) is 13.8 Å². The van der Waals surface area contributed by atoms with Crippen LogP contribution < -0.4 is 10.6 Å². The van der Waals surface area contributed by atoms with E-state index in [-0.39, 0.29) is 31.0 Å². The van der Waals surface area contributed by atoms with Crippen molar-refractivity contribution < 1.29 is 14.7 Å². The minimum atomic E-state index is -0.407. The highest BCUT2D eigenvalue weighted by molar-refractivity contribution is 6.33. The highest BCUT2D eigenvalue weighted by Gasteiger charge is 2.16. The normalized spacial score (nSPS) is 12.1. The topological polar surface area (TPSA) is 78.4 Å². The van der Waals surface area contributed by atoms with Crippen LogP contribution in [-0.4, -0.2) is 36.1 Å². The van der Waals surface area contributed by atoms with Crippen LogP contribution in [0, 0.1) is 5.92 Å². The second-order valence-electron chi connectivity index (χ2n) is 4.76. The molecule has 1 atom stereocenters. The number of halogens is 1. The molecule has 1 aromatic carbocycles. The minimum Gasteiger partial charge on any atom is -0.394 e. The summed E-state index contributed by atoms with van der Waals surface area (Å²) in [4.78, 5) is 23.5.